The summed E-state index contributed by atoms with van der Waals surface area (Å²) < 4.78 is 0. The maximum atomic E-state index is 12.8. The van der Waals surface area contributed by atoms with Crippen molar-refractivity contribution in [2.75, 3.05) is 11.4 Å². The first-order valence-corrected chi connectivity index (χ1v) is 7.41. The van der Waals surface area contributed by atoms with E-state index in [1.54, 1.807) is 4.90 Å². The van der Waals surface area contributed by atoms with Crippen LogP contribution in [0.15, 0.2) is 24.3 Å². The number of hydrogen-bond donors (Lipinski definition) is 1. The smallest absolute Gasteiger partial charge is 0.250 e. The summed E-state index contributed by atoms with van der Waals surface area (Å²) in [4.78, 5) is 26.5. The summed E-state index contributed by atoms with van der Waals surface area (Å²) in [6, 6.07) is 7.33. The lowest BCUT2D eigenvalue weighted by Crippen LogP contribution is -2.62. The standard InChI is InChI=1S/C17H24N2O2/c1-11(2)12-8-6-7-9-13(12)19-10-14(20)18-15(16(19)21)17(3,4)5/h6-9,11,15H,10H2,1-5H3,(H,18,20). The molecule has 1 saturated heterocycles. The number of carbonyl (C=O) groups is 2. The van der Waals surface area contributed by atoms with Crippen molar-refractivity contribution in [2.45, 2.75) is 46.6 Å². The second kappa shape index (κ2) is 5.51. The lowest BCUT2D eigenvalue weighted by molar-refractivity contribution is -0.133. The monoisotopic (exact) mass is 288 g/mol. The fraction of sp³-hybridized carbons (Fsp3) is 0.529. The first kappa shape index (κ1) is 15.5. The van der Waals surface area contributed by atoms with E-state index < -0.39 is 6.04 Å². The summed E-state index contributed by atoms with van der Waals surface area (Å²) in [7, 11) is 0. The van der Waals surface area contributed by atoms with E-state index in [2.05, 4.69) is 19.2 Å². The molecule has 2 rings (SSSR count). The third-order valence-corrected chi connectivity index (χ3v) is 3.84. The Kier molecular flexibility index (Phi) is 4.08. The van der Waals surface area contributed by atoms with Crippen molar-refractivity contribution in [3.8, 4) is 0 Å². The number of carbonyl (C=O) groups excluding carboxylic acids is 2. The first-order valence-electron chi connectivity index (χ1n) is 7.41. The van der Waals surface area contributed by atoms with Gasteiger partial charge in [0.2, 0.25) is 5.91 Å². The van der Waals surface area contributed by atoms with Crippen molar-refractivity contribution >= 4 is 17.5 Å². The van der Waals surface area contributed by atoms with Gasteiger partial charge in [-0.25, -0.2) is 0 Å². The van der Waals surface area contributed by atoms with E-state index in [0.717, 1.165) is 11.3 Å². The molecule has 1 aromatic rings. The summed E-state index contributed by atoms with van der Waals surface area (Å²) in [5, 5.41) is 2.82. The molecule has 1 aliphatic rings. The summed E-state index contributed by atoms with van der Waals surface area (Å²) in [6.07, 6.45) is 0. The third kappa shape index (κ3) is 3.09. The van der Waals surface area contributed by atoms with Gasteiger partial charge in [0, 0.05) is 5.69 Å². The van der Waals surface area contributed by atoms with Crippen LogP contribution in [0.1, 0.15) is 46.1 Å². The molecule has 21 heavy (non-hydrogen) atoms. The molecule has 1 atom stereocenters. The quantitative estimate of drug-likeness (QED) is 0.909. The van der Waals surface area contributed by atoms with Gasteiger partial charge in [0.25, 0.3) is 5.91 Å². The Morgan fingerprint density at radius 3 is 2.38 bits per heavy atom. The van der Waals surface area contributed by atoms with Gasteiger partial charge in [0.15, 0.2) is 0 Å². The van der Waals surface area contributed by atoms with Crippen LogP contribution >= 0.6 is 0 Å². The number of rotatable bonds is 2. The van der Waals surface area contributed by atoms with Gasteiger partial charge in [-0.2, -0.15) is 0 Å². The van der Waals surface area contributed by atoms with Crippen molar-refractivity contribution in [1.29, 1.82) is 0 Å². The summed E-state index contributed by atoms with van der Waals surface area (Å²) in [5.74, 6) is 0.162. The molecule has 1 aromatic carbocycles. The zero-order chi connectivity index (χ0) is 15.8. The molecule has 1 unspecified atom stereocenters. The molecule has 0 radical (unpaired) electrons. The molecular formula is C17H24N2O2. The first-order chi connectivity index (χ1) is 9.71. The van der Waals surface area contributed by atoms with E-state index in [-0.39, 0.29) is 23.8 Å². The van der Waals surface area contributed by atoms with Crippen LogP contribution in [0.3, 0.4) is 0 Å². The van der Waals surface area contributed by atoms with Crippen molar-refractivity contribution in [2.24, 2.45) is 5.41 Å². The van der Waals surface area contributed by atoms with E-state index in [1.807, 2.05) is 45.0 Å². The third-order valence-electron chi connectivity index (χ3n) is 3.84. The van der Waals surface area contributed by atoms with Crippen LogP contribution in [0.5, 0.6) is 0 Å². The molecule has 0 aromatic heterocycles. The van der Waals surface area contributed by atoms with Crippen LogP contribution in [0.4, 0.5) is 5.69 Å². The van der Waals surface area contributed by atoms with E-state index in [4.69, 9.17) is 0 Å². The number of nitrogens with one attached hydrogen (secondary N) is 1. The van der Waals surface area contributed by atoms with Crippen LogP contribution < -0.4 is 10.2 Å². The average molecular weight is 288 g/mol. The summed E-state index contributed by atoms with van der Waals surface area (Å²) in [6.45, 7) is 10.2. The zero-order valence-corrected chi connectivity index (χ0v) is 13.4. The average Bonchev–Trinajstić information content (AvgIpc) is 2.39. The lowest BCUT2D eigenvalue weighted by Gasteiger charge is -2.39. The number of piperazine rings is 1. The molecule has 0 aliphatic carbocycles. The van der Waals surface area contributed by atoms with Gasteiger partial charge in [-0.3, -0.25) is 9.59 Å². The lowest BCUT2D eigenvalue weighted by atomic mass is 9.84. The van der Waals surface area contributed by atoms with Crippen LogP contribution in [-0.4, -0.2) is 24.4 Å². The highest BCUT2D eigenvalue weighted by Gasteiger charge is 2.40. The van der Waals surface area contributed by atoms with Crippen LogP contribution in [-0.2, 0) is 9.59 Å². The molecule has 4 nitrogen and oxygen atoms in total. The van der Waals surface area contributed by atoms with Crippen molar-refractivity contribution < 1.29 is 9.59 Å². The SMILES string of the molecule is CC(C)c1ccccc1N1CC(=O)NC(C(C)(C)C)C1=O. The van der Waals surface area contributed by atoms with Crippen molar-refractivity contribution in [3.63, 3.8) is 0 Å². The Hall–Kier alpha value is -1.84. The Labute approximate surface area is 126 Å². The van der Waals surface area contributed by atoms with Crippen LogP contribution in [0, 0.1) is 5.41 Å². The van der Waals surface area contributed by atoms with Crippen LogP contribution in [0.2, 0.25) is 0 Å². The highest BCUT2D eigenvalue weighted by atomic mass is 16.2. The molecule has 0 saturated carbocycles. The van der Waals surface area contributed by atoms with Gasteiger partial charge >= 0.3 is 0 Å². The van der Waals surface area contributed by atoms with Gasteiger partial charge in [-0.1, -0.05) is 52.8 Å². The second-order valence-electron chi connectivity index (χ2n) is 7.00. The number of para-hydroxylation sites is 1. The molecule has 1 fully saturated rings. The summed E-state index contributed by atoms with van der Waals surface area (Å²) in [5.41, 5.74) is 1.63. The number of hydrogen-bond acceptors (Lipinski definition) is 2. The topological polar surface area (TPSA) is 49.4 Å². The minimum absolute atomic E-state index is 0.0322. The van der Waals surface area contributed by atoms with Gasteiger partial charge in [-0.15, -0.1) is 0 Å². The second-order valence-corrected chi connectivity index (χ2v) is 7.00. The maximum Gasteiger partial charge on any atom is 0.250 e. The predicted octanol–water partition coefficient (Wildman–Crippen LogP) is 2.69. The number of benzene rings is 1. The molecule has 114 valence electrons. The largest absolute Gasteiger partial charge is 0.342 e. The summed E-state index contributed by atoms with van der Waals surface area (Å²) >= 11 is 0. The maximum absolute atomic E-state index is 12.8. The Balaban J connectivity index is 2.44. The van der Waals surface area contributed by atoms with Gasteiger partial charge in [0.1, 0.15) is 12.6 Å². The molecule has 1 aliphatic heterocycles. The minimum atomic E-state index is -0.487. The molecular weight excluding hydrogens is 264 g/mol. The Morgan fingerprint density at radius 1 is 1.19 bits per heavy atom. The highest BCUT2D eigenvalue weighted by molar-refractivity contribution is 6.07. The fourth-order valence-corrected chi connectivity index (χ4v) is 2.66. The minimum Gasteiger partial charge on any atom is -0.342 e. The number of amides is 2. The molecule has 4 heteroatoms. The number of anilines is 1. The van der Waals surface area contributed by atoms with Gasteiger partial charge in [0.05, 0.1) is 0 Å². The van der Waals surface area contributed by atoms with E-state index in [9.17, 15) is 9.59 Å². The Bertz CT molecular complexity index is 558. The molecule has 1 heterocycles. The molecule has 2 amide bonds. The van der Waals surface area contributed by atoms with E-state index >= 15 is 0 Å². The molecule has 0 bridgehead atoms. The van der Waals surface area contributed by atoms with Crippen LogP contribution in [0.25, 0.3) is 0 Å². The normalized spacial score (nSPS) is 19.9. The van der Waals surface area contributed by atoms with E-state index in [0.29, 0.717) is 5.92 Å². The van der Waals surface area contributed by atoms with E-state index in [1.165, 1.54) is 0 Å². The zero-order valence-electron chi connectivity index (χ0n) is 13.4. The Morgan fingerprint density at radius 2 is 1.81 bits per heavy atom. The van der Waals surface area contributed by atoms with Crippen molar-refractivity contribution in [1.82, 2.24) is 5.32 Å². The van der Waals surface area contributed by atoms with Gasteiger partial charge < -0.3 is 10.2 Å². The predicted molar refractivity (Wildman–Crippen MR) is 84.3 cm³/mol. The van der Waals surface area contributed by atoms with Crippen molar-refractivity contribution in [3.05, 3.63) is 29.8 Å². The van der Waals surface area contributed by atoms with Gasteiger partial charge in [-0.05, 0) is 23.0 Å². The molecule has 1 N–H and O–H groups in total. The molecule has 0 spiro atoms. The fourth-order valence-electron chi connectivity index (χ4n) is 2.66. The number of nitrogens with zero attached hydrogens (tertiary/aromatic N) is 1. The highest BCUT2D eigenvalue weighted by Crippen LogP contribution is 2.31.